The quantitative estimate of drug-likeness (QED) is 0.300. The fourth-order valence-electron chi connectivity index (χ4n) is 2.01. The molecule has 0 aromatic carbocycles. The zero-order valence-corrected chi connectivity index (χ0v) is 13.1. The monoisotopic (exact) mass is 256 g/mol. The Kier molecular flexibility index (Phi) is 16.3. The van der Waals surface area contributed by atoms with Gasteiger partial charge in [-0.05, 0) is 12.5 Å². The van der Waals surface area contributed by atoms with Crippen molar-refractivity contribution in [3.63, 3.8) is 0 Å². The van der Waals surface area contributed by atoms with E-state index in [2.05, 4.69) is 13.8 Å². The van der Waals surface area contributed by atoms with Crippen molar-refractivity contribution >= 4 is 9.76 Å². The summed E-state index contributed by atoms with van der Waals surface area (Å²) < 4.78 is 5.49. The Morgan fingerprint density at radius 1 is 0.647 bits per heavy atom. The molecular formula is C15H32OSi. The molecule has 102 valence electrons. The second kappa shape index (κ2) is 16.2. The first-order valence-electron chi connectivity index (χ1n) is 7.76. The lowest BCUT2D eigenvalue weighted by atomic mass is 10.1. The molecule has 0 fully saturated rings. The van der Waals surface area contributed by atoms with Gasteiger partial charge in [-0.25, -0.2) is 0 Å². The molecule has 0 aromatic heterocycles. The van der Waals surface area contributed by atoms with Crippen LogP contribution in [0.5, 0.6) is 0 Å². The van der Waals surface area contributed by atoms with E-state index in [1.807, 2.05) is 0 Å². The summed E-state index contributed by atoms with van der Waals surface area (Å²) in [5.74, 6) is 0. The van der Waals surface area contributed by atoms with Crippen molar-refractivity contribution < 1.29 is 4.43 Å². The van der Waals surface area contributed by atoms with Gasteiger partial charge in [0, 0.05) is 6.61 Å². The van der Waals surface area contributed by atoms with E-state index < -0.39 is 0 Å². The van der Waals surface area contributed by atoms with Gasteiger partial charge in [0.15, 0.2) is 0 Å². The lowest BCUT2D eigenvalue weighted by Gasteiger charge is -2.03. The van der Waals surface area contributed by atoms with Crippen LogP contribution in [0.4, 0.5) is 0 Å². The third kappa shape index (κ3) is 16.2. The van der Waals surface area contributed by atoms with E-state index in [4.69, 9.17) is 4.43 Å². The second-order valence-electron chi connectivity index (χ2n) is 4.88. The summed E-state index contributed by atoms with van der Waals surface area (Å²) in [6, 6.07) is 1.18. The molecule has 0 aliphatic heterocycles. The Morgan fingerprint density at radius 3 is 1.59 bits per heavy atom. The van der Waals surface area contributed by atoms with Gasteiger partial charge in [-0.2, -0.15) is 0 Å². The van der Waals surface area contributed by atoms with Crippen LogP contribution in [0.15, 0.2) is 0 Å². The van der Waals surface area contributed by atoms with E-state index in [-0.39, 0.29) is 0 Å². The molecule has 0 aliphatic carbocycles. The molecule has 0 saturated heterocycles. The molecular weight excluding hydrogens is 224 g/mol. The van der Waals surface area contributed by atoms with Crippen LogP contribution in [0.3, 0.4) is 0 Å². The minimum atomic E-state index is 0.726. The summed E-state index contributed by atoms with van der Waals surface area (Å²) in [5, 5.41) is 0. The average Bonchev–Trinajstić information content (AvgIpc) is 2.35. The van der Waals surface area contributed by atoms with Crippen LogP contribution in [-0.4, -0.2) is 16.4 Å². The van der Waals surface area contributed by atoms with Crippen LogP contribution in [0.25, 0.3) is 0 Å². The third-order valence-corrected chi connectivity index (χ3v) is 3.79. The van der Waals surface area contributed by atoms with Crippen LogP contribution in [0.2, 0.25) is 6.04 Å². The molecule has 0 N–H and O–H groups in total. The van der Waals surface area contributed by atoms with Crippen LogP contribution < -0.4 is 0 Å². The summed E-state index contributed by atoms with van der Waals surface area (Å²) in [7, 11) is 0.726. The molecule has 0 saturated carbocycles. The van der Waals surface area contributed by atoms with E-state index in [1.165, 1.54) is 76.7 Å². The van der Waals surface area contributed by atoms with E-state index in [0.717, 1.165) is 16.4 Å². The first kappa shape index (κ1) is 17.2. The maximum Gasteiger partial charge on any atom is 0.229 e. The summed E-state index contributed by atoms with van der Waals surface area (Å²) in [4.78, 5) is 0. The molecule has 0 unspecified atom stereocenters. The maximum atomic E-state index is 5.49. The van der Waals surface area contributed by atoms with Gasteiger partial charge >= 0.3 is 0 Å². The molecule has 0 atom stereocenters. The Morgan fingerprint density at radius 2 is 1.12 bits per heavy atom. The zero-order chi connectivity index (χ0) is 12.6. The molecule has 2 heteroatoms. The maximum absolute atomic E-state index is 5.49. The number of unbranched alkanes of at least 4 members (excludes halogenated alkanes) is 10. The van der Waals surface area contributed by atoms with Crippen molar-refractivity contribution in [3.8, 4) is 0 Å². The predicted molar refractivity (Wildman–Crippen MR) is 78.6 cm³/mol. The normalized spacial score (nSPS) is 10.9. The minimum absolute atomic E-state index is 0.726. The van der Waals surface area contributed by atoms with Crippen molar-refractivity contribution in [2.75, 3.05) is 6.61 Å². The summed E-state index contributed by atoms with van der Waals surface area (Å²) >= 11 is 0. The van der Waals surface area contributed by atoms with Crippen molar-refractivity contribution in [1.82, 2.24) is 0 Å². The van der Waals surface area contributed by atoms with Crippen LogP contribution in [0, 0.1) is 0 Å². The molecule has 0 heterocycles. The summed E-state index contributed by atoms with van der Waals surface area (Å²) in [6.45, 7) is 5.45. The van der Waals surface area contributed by atoms with Gasteiger partial charge in [0.1, 0.15) is 0 Å². The van der Waals surface area contributed by atoms with Crippen molar-refractivity contribution in [2.45, 2.75) is 90.5 Å². The highest BCUT2D eigenvalue weighted by Crippen LogP contribution is 2.11. The van der Waals surface area contributed by atoms with Gasteiger partial charge in [-0.15, -0.1) is 0 Å². The average molecular weight is 257 g/mol. The largest absolute Gasteiger partial charge is 0.417 e. The molecule has 0 amide bonds. The van der Waals surface area contributed by atoms with Gasteiger partial charge < -0.3 is 4.43 Å². The third-order valence-electron chi connectivity index (χ3n) is 3.10. The fraction of sp³-hybridized carbons (Fsp3) is 1.00. The fourth-order valence-corrected chi connectivity index (χ4v) is 2.51. The minimum Gasteiger partial charge on any atom is -0.417 e. The van der Waals surface area contributed by atoms with E-state index in [0.29, 0.717) is 0 Å². The summed E-state index contributed by atoms with van der Waals surface area (Å²) in [5.41, 5.74) is 0. The van der Waals surface area contributed by atoms with Gasteiger partial charge in [-0.1, -0.05) is 78.1 Å². The van der Waals surface area contributed by atoms with Crippen molar-refractivity contribution in [2.24, 2.45) is 0 Å². The van der Waals surface area contributed by atoms with E-state index in [1.54, 1.807) is 0 Å². The van der Waals surface area contributed by atoms with Gasteiger partial charge in [0.05, 0.1) is 0 Å². The SMILES string of the molecule is CCCCCCCCCCCCCO[Si]CC. The molecule has 1 nitrogen and oxygen atoms in total. The highest BCUT2D eigenvalue weighted by Gasteiger charge is 1.93. The predicted octanol–water partition coefficient (Wildman–Crippen LogP) is 5.37. The molecule has 0 rings (SSSR count). The lowest BCUT2D eigenvalue weighted by Crippen LogP contribution is -1.98. The molecule has 0 aliphatic rings. The molecule has 0 spiro atoms. The topological polar surface area (TPSA) is 9.23 Å². The van der Waals surface area contributed by atoms with Crippen molar-refractivity contribution in [3.05, 3.63) is 0 Å². The first-order valence-corrected chi connectivity index (χ1v) is 8.88. The summed E-state index contributed by atoms with van der Waals surface area (Å²) in [6.07, 6.45) is 15.5. The standard InChI is InChI=1S/C15H32OSi/c1-3-5-6-7-8-9-10-11-12-13-14-15-16-17-4-2/h3-15H2,1-2H3. The number of hydrogen-bond acceptors (Lipinski definition) is 1. The Hall–Kier alpha value is 0.177. The van der Waals surface area contributed by atoms with Crippen LogP contribution in [-0.2, 0) is 4.43 Å². The molecule has 2 radical (unpaired) electrons. The highest BCUT2D eigenvalue weighted by atomic mass is 28.2. The van der Waals surface area contributed by atoms with Crippen LogP contribution >= 0.6 is 0 Å². The number of hydrogen-bond donors (Lipinski definition) is 0. The Labute approximate surface area is 112 Å². The number of rotatable bonds is 14. The smallest absolute Gasteiger partial charge is 0.229 e. The molecule has 0 bridgehead atoms. The van der Waals surface area contributed by atoms with E-state index in [9.17, 15) is 0 Å². The van der Waals surface area contributed by atoms with Gasteiger partial charge in [0.2, 0.25) is 9.76 Å². The Balaban J connectivity index is 2.85. The van der Waals surface area contributed by atoms with Gasteiger partial charge in [-0.3, -0.25) is 0 Å². The van der Waals surface area contributed by atoms with E-state index >= 15 is 0 Å². The molecule has 17 heavy (non-hydrogen) atoms. The molecule has 0 aromatic rings. The lowest BCUT2D eigenvalue weighted by molar-refractivity contribution is 0.320. The highest BCUT2D eigenvalue weighted by molar-refractivity contribution is 6.26. The van der Waals surface area contributed by atoms with Gasteiger partial charge in [0.25, 0.3) is 0 Å². The second-order valence-corrected chi connectivity index (χ2v) is 6.17. The van der Waals surface area contributed by atoms with Crippen LogP contribution in [0.1, 0.15) is 84.5 Å². The zero-order valence-electron chi connectivity index (χ0n) is 12.1. The Bertz CT molecular complexity index is 114. The first-order chi connectivity index (χ1) is 8.41. The van der Waals surface area contributed by atoms with Crippen molar-refractivity contribution in [1.29, 1.82) is 0 Å².